The number of nitrogens with zero attached hydrogens (tertiary/aromatic N) is 3. The molecule has 0 spiro atoms. The van der Waals surface area contributed by atoms with Crippen LogP contribution in [0.15, 0.2) is 65.5 Å². The van der Waals surface area contributed by atoms with E-state index in [1.807, 2.05) is 75.4 Å². The summed E-state index contributed by atoms with van der Waals surface area (Å²) in [6.45, 7) is 5.85. The second-order valence-electron chi connectivity index (χ2n) is 11.6. The van der Waals surface area contributed by atoms with Crippen molar-refractivity contribution >= 4 is 23.6 Å². The van der Waals surface area contributed by atoms with Crippen LogP contribution in [-0.4, -0.2) is 52.9 Å². The Hall–Kier alpha value is -3.65. The van der Waals surface area contributed by atoms with Gasteiger partial charge in [-0.1, -0.05) is 54.1 Å². The van der Waals surface area contributed by atoms with Gasteiger partial charge in [-0.2, -0.15) is 5.10 Å². The first-order valence-corrected chi connectivity index (χ1v) is 13.9. The highest BCUT2D eigenvalue weighted by molar-refractivity contribution is 6.30. The minimum absolute atomic E-state index is 0.0946. The minimum atomic E-state index is -0.608. The van der Waals surface area contributed by atoms with Crippen LogP contribution in [0.5, 0.6) is 0 Å². The van der Waals surface area contributed by atoms with Crippen molar-refractivity contribution in [3.63, 3.8) is 0 Å². The van der Waals surface area contributed by atoms with E-state index >= 15 is 0 Å². The number of carbonyl (C=O) groups excluding carboxylic acids is 2. The van der Waals surface area contributed by atoms with E-state index in [1.54, 1.807) is 20.2 Å². The predicted molar refractivity (Wildman–Crippen MR) is 157 cm³/mol. The molecule has 40 heavy (non-hydrogen) atoms. The van der Waals surface area contributed by atoms with Gasteiger partial charge >= 0.3 is 6.09 Å². The van der Waals surface area contributed by atoms with Crippen molar-refractivity contribution in [1.29, 1.82) is 0 Å². The number of benzene rings is 2. The topological polar surface area (TPSA) is 93.5 Å². The van der Waals surface area contributed by atoms with Crippen molar-refractivity contribution < 1.29 is 14.3 Å². The summed E-state index contributed by atoms with van der Waals surface area (Å²) < 4.78 is 6.97. The molecule has 1 aromatic heterocycles. The molecule has 1 N–H and O–H groups in total. The van der Waals surface area contributed by atoms with Crippen LogP contribution in [0.2, 0.25) is 5.02 Å². The van der Waals surface area contributed by atoms with Crippen molar-refractivity contribution in [3.05, 3.63) is 87.2 Å². The lowest BCUT2D eigenvalue weighted by Crippen LogP contribution is -2.46. The van der Waals surface area contributed by atoms with Gasteiger partial charge in [0.2, 0.25) is 0 Å². The van der Waals surface area contributed by atoms with E-state index in [0.717, 1.165) is 11.1 Å². The molecule has 0 bridgehead atoms. The summed E-state index contributed by atoms with van der Waals surface area (Å²) in [6, 6.07) is 18.6. The molecule has 0 atom stereocenters. The summed E-state index contributed by atoms with van der Waals surface area (Å²) in [6.07, 6.45) is 2.13. The van der Waals surface area contributed by atoms with E-state index in [0.29, 0.717) is 42.9 Å². The number of rotatable bonds is 6. The summed E-state index contributed by atoms with van der Waals surface area (Å²) in [5, 5.41) is 8.32. The Kier molecular flexibility index (Phi) is 8.68. The quantitative estimate of drug-likeness (QED) is 0.406. The third-order valence-electron chi connectivity index (χ3n) is 7.31. The Balaban J connectivity index is 1.66. The van der Waals surface area contributed by atoms with E-state index in [-0.39, 0.29) is 17.5 Å². The molecule has 0 aliphatic heterocycles. The molecule has 212 valence electrons. The SMILES string of the molecule is CN(C)C(=O)c1cc(-c2ccccc2)nn([C@H]2CC[C@@](CNC(=O)OC(C)(C)C)(c3cccc(Cl)c3)CC2)c1=O. The minimum Gasteiger partial charge on any atom is -0.444 e. The number of amides is 2. The first-order valence-electron chi connectivity index (χ1n) is 13.5. The average Bonchev–Trinajstić information content (AvgIpc) is 2.91. The van der Waals surface area contributed by atoms with Crippen LogP contribution in [0.25, 0.3) is 11.3 Å². The molecule has 1 fully saturated rings. The fraction of sp³-hybridized carbons (Fsp3) is 0.419. The zero-order valence-electron chi connectivity index (χ0n) is 23.7. The van der Waals surface area contributed by atoms with Gasteiger partial charge in [0.15, 0.2) is 0 Å². The fourth-order valence-electron chi connectivity index (χ4n) is 5.24. The van der Waals surface area contributed by atoms with Gasteiger partial charge in [-0.05, 0) is 70.2 Å². The highest BCUT2D eigenvalue weighted by atomic mass is 35.5. The standard InChI is InChI=1S/C31H37ClN4O4/c1-30(2,3)40-29(39)33-20-31(22-12-9-13-23(32)18-22)16-14-24(15-17-31)36-28(38)25(27(37)35(4)5)19-26(34-36)21-10-7-6-8-11-21/h6-13,18-19,24H,14-17,20H2,1-5H3,(H,33,39)/t24-,31+. The van der Waals surface area contributed by atoms with Crippen molar-refractivity contribution in [3.8, 4) is 11.3 Å². The molecular weight excluding hydrogens is 528 g/mol. The third-order valence-corrected chi connectivity index (χ3v) is 7.54. The third kappa shape index (κ3) is 6.73. The number of hydrogen-bond acceptors (Lipinski definition) is 5. The Morgan fingerprint density at radius 3 is 2.35 bits per heavy atom. The van der Waals surface area contributed by atoms with E-state index in [1.165, 1.54) is 9.58 Å². The molecule has 0 saturated heterocycles. The van der Waals surface area contributed by atoms with Crippen LogP contribution in [0.1, 0.15) is 68.4 Å². The van der Waals surface area contributed by atoms with Gasteiger partial charge in [-0.15, -0.1) is 0 Å². The van der Waals surface area contributed by atoms with Crippen LogP contribution in [0, 0.1) is 0 Å². The first-order chi connectivity index (χ1) is 18.9. The number of halogens is 1. The molecule has 1 aliphatic carbocycles. The largest absolute Gasteiger partial charge is 0.444 e. The second kappa shape index (κ2) is 11.8. The van der Waals surface area contributed by atoms with Gasteiger partial charge in [0, 0.05) is 36.6 Å². The molecule has 1 heterocycles. The highest BCUT2D eigenvalue weighted by Crippen LogP contribution is 2.43. The number of ether oxygens (including phenoxy) is 1. The predicted octanol–water partition coefficient (Wildman–Crippen LogP) is 5.84. The van der Waals surface area contributed by atoms with Crippen LogP contribution in [-0.2, 0) is 10.2 Å². The van der Waals surface area contributed by atoms with Gasteiger partial charge in [0.25, 0.3) is 11.5 Å². The Bertz CT molecular complexity index is 1420. The maximum atomic E-state index is 13.6. The average molecular weight is 565 g/mol. The molecule has 2 amide bonds. The molecule has 3 aromatic rings. The molecule has 9 heteroatoms. The summed E-state index contributed by atoms with van der Waals surface area (Å²) >= 11 is 6.37. The summed E-state index contributed by atoms with van der Waals surface area (Å²) in [5.74, 6) is -0.357. The highest BCUT2D eigenvalue weighted by Gasteiger charge is 2.39. The lowest BCUT2D eigenvalue weighted by Gasteiger charge is -2.41. The number of carbonyl (C=O) groups is 2. The van der Waals surface area contributed by atoms with E-state index < -0.39 is 22.7 Å². The van der Waals surface area contributed by atoms with Crippen LogP contribution < -0.4 is 10.9 Å². The van der Waals surface area contributed by atoms with E-state index in [9.17, 15) is 14.4 Å². The maximum absolute atomic E-state index is 13.6. The number of hydrogen-bond donors (Lipinski definition) is 1. The van der Waals surface area contributed by atoms with Crippen molar-refractivity contribution in [2.24, 2.45) is 0 Å². The van der Waals surface area contributed by atoms with Gasteiger partial charge in [0.1, 0.15) is 11.2 Å². The van der Waals surface area contributed by atoms with Crippen molar-refractivity contribution in [2.75, 3.05) is 20.6 Å². The number of aromatic nitrogens is 2. The van der Waals surface area contributed by atoms with Crippen LogP contribution in [0.4, 0.5) is 4.79 Å². The van der Waals surface area contributed by atoms with Crippen LogP contribution >= 0.6 is 11.6 Å². The zero-order chi connectivity index (χ0) is 29.1. The molecule has 2 aromatic carbocycles. The molecular formula is C31H37ClN4O4. The van der Waals surface area contributed by atoms with Gasteiger partial charge < -0.3 is 15.0 Å². The Labute approximate surface area is 240 Å². The van der Waals surface area contributed by atoms with Gasteiger partial charge in [-0.25, -0.2) is 9.48 Å². The van der Waals surface area contributed by atoms with E-state index in [2.05, 4.69) is 5.32 Å². The van der Waals surface area contributed by atoms with E-state index in [4.69, 9.17) is 21.4 Å². The van der Waals surface area contributed by atoms with Gasteiger partial charge in [0.05, 0.1) is 11.7 Å². The maximum Gasteiger partial charge on any atom is 0.407 e. The van der Waals surface area contributed by atoms with Gasteiger partial charge in [-0.3, -0.25) is 9.59 Å². The van der Waals surface area contributed by atoms with Crippen LogP contribution in [0.3, 0.4) is 0 Å². The summed E-state index contributed by atoms with van der Waals surface area (Å²) in [7, 11) is 3.26. The second-order valence-corrected chi connectivity index (χ2v) is 12.1. The molecule has 4 rings (SSSR count). The molecule has 1 aliphatic rings. The molecule has 0 unspecified atom stereocenters. The monoisotopic (exact) mass is 564 g/mol. The molecule has 1 saturated carbocycles. The Morgan fingerprint density at radius 2 is 1.75 bits per heavy atom. The summed E-state index contributed by atoms with van der Waals surface area (Å²) in [4.78, 5) is 40.5. The fourth-order valence-corrected chi connectivity index (χ4v) is 5.44. The summed E-state index contributed by atoms with van der Waals surface area (Å²) in [5.41, 5.74) is 1.11. The number of alkyl carbamates (subject to hydrolysis) is 1. The smallest absolute Gasteiger partial charge is 0.407 e. The lowest BCUT2D eigenvalue weighted by molar-refractivity contribution is 0.0504. The van der Waals surface area contributed by atoms with Crippen molar-refractivity contribution in [2.45, 2.75) is 63.5 Å². The zero-order valence-corrected chi connectivity index (χ0v) is 24.5. The normalized spacial score (nSPS) is 19.1. The molecule has 0 radical (unpaired) electrons. The number of nitrogens with one attached hydrogen (secondary N) is 1. The Morgan fingerprint density at radius 1 is 1.07 bits per heavy atom. The lowest BCUT2D eigenvalue weighted by atomic mass is 9.68. The molecule has 8 nitrogen and oxygen atoms in total. The van der Waals surface area contributed by atoms with Crippen molar-refractivity contribution in [1.82, 2.24) is 20.0 Å². The first kappa shape index (κ1) is 29.3.